The monoisotopic (exact) mass is 883 g/mol. The molecule has 4 aromatic carbocycles. The summed E-state index contributed by atoms with van der Waals surface area (Å²) in [7, 11) is 3.23. The Hall–Kier alpha value is -7.33. The van der Waals surface area contributed by atoms with Gasteiger partial charge in [-0.2, -0.15) is 9.97 Å². The SMILES string of the molecule is COc1cc(Nc2nc3n(n2)CC=CCC3c2ccc(F)cc2)ccc1-n1cnc(Cl)c1.COc1cc(Nc2nc3n(n2)CCCCC3c2ccc(F)cc2)ccc1-c1cc(C)no1. The number of hydrogen-bond acceptors (Lipinski definition) is 11. The maximum Gasteiger partial charge on any atom is 0.246 e. The second kappa shape index (κ2) is 18.6. The molecule has 2 N–H and O–H groups in total. The summed E-state index contributed by atoms with van der Waals surface area (Å²) in [6.45, 7) is 3.32. The van der Waals surface area contributed by atoms with Gasteiger partial charge in [0.25, 0.3) is 0 Å². The van der Waals surface area contributed by atoms with E-state index in [0.29, 0.717) is 40.9 Å². The second-order valence-electron chi connectivity index (χ2n) is 15.4. The summed E-state index contributed by atoms with van der Waals surface area (Å²) >= 11 is 5.94. The van der Waals surface area contributed by atoms with Crippen LogP contribution >= 0.6 is 11.6 Å². The fourth-order valence-corrected chi connectivity index (χ4v) is 8.14. The van der Waals surface area contributed by atoms with E-state index in [9.17, 15) is 8.78 Å². The van der Waals surface area contributed by atoms with Gasteiger partial charge >= 0.3 is 0 Å². The molecule has 0 fully saturated rings. The van der Waals surface area contributed by atoms with Crippen LogP contribution in [0.2, 0.25) is 5.15 Å². The van der Waals surface area contributed by atoms with Crippen LogP contribution < -0.4 is 20.1 Å². The largest absolute Gasteiger partial charge is 0.496 e. The van der Waals surface area contributed by atoms with Gasteiger partial charge in [-0.3, -0.25) is 0 Å². The number of methoxy groups -OCH3 is 2. The third-order valence-electron chi connectivity index (χ3n) is 11.1. The van der Waals surface area contributed by atoms with E-state index in [1.165, 1.54) is 24.3 Å². The number of aromatic nitrogens is 9. The van der Waals surface area contributed by atoms with E-state index in [1.54, 1.807) is 43.4 Å². The third-order valence-corrected chi connectivity index (χ3v) is 11.3. The highest BCUT2D eigenvalue weighted by Gasteiger charge is 2.26. The highest BCUT2D eigenvalue weighted by Crippen LogP contribution is 2.36. The van der Waals surface area contributed by atoms with Crippen molar-refractivity contribution in [2.45, 2.75) is 57.5 Å². The van der Waals surface area contributed by atoms with Gasteiger partial charge in [0.1, 0.15) is 46.3 Å². The number of ether oxygens (including phenoxy) is 2. The van der Waals surface area contributed by atoms with Gasteiger partial charge in [0, 0.05) is 54.2 Å². The summed E-state index contributed by atoms with van der Waals surface area (Å²) < 4.78 is 48.9. The van der Waals surface area contributed by atoms with Crippen LogP contribution in [0, 0.1) is 18.6 Å². The number of aryl methyl sites for hydroxylation is 2. The number of nitrogens with one attached hydrogen (secondary N) is 2. The fourth-order valence-electron chi connectivity index (χ4n) is 7.99. The lowest BCUT2D eigenvalue weighted by molar-refractivity contribution is 0.405. The number of hydrogen-bond donors (Lipinski definition) is 2. The van der Waals surface area contributed by atoms with Crippen molar-refractivity contribution in [3.05, 3.63) is 161 Å². The molecule has 326 valence electrons. The Bertz CT molecular complexity index is 2910. The lowest BCUT2D eigenvalue weighted by Crippen LogP contribution is -2.08. The van der Waals surface area contributed by atoms with E-state index in [0.717, 1.165) is 83.3 Å². The summed E-state index contributed by atoms with van der Waals surface area (Å²) in [6.07, 6.45) is 11.4. The van der Waals surface area contributed by atoms with Gasteiger partial charge in [-0.05, 0) is 85.8 Å². The highest BCUT2D eigenvalue weighted by atomic mass is 35.5. The first-order valence-corrected chi connectivity index (χ1v) is 21.2. The average molecular weight is 884 g/mol. The molecule has 0 saturated heterocycles. The molecule has 0 aliphatic carbocycles. The van der Waals surface area contributed by atoms with Crippen molar-refractivity contribution in [3.63, 3.8) is 0 Å². The van der Waals surface area contributed by atoms with Gasteiger partial charge in [-0.15, -0.1) is 10.2 Å². The van der Waals surface area contributed by atoms with Crippen molar-refractivity contribution in [1.29, 1.82) is 0 Å². The molecule has 14 nitrogen and oxygen atoms in total. The van der Waals surface area contributed by atoms with Gasteiger partial charge < -0.3 is 29.2 Å². The Morgan fingerprint density at radius 1 is 0.734 bits per heavy atom. The van der Waals surface area contributed by atoms with Gasteiger partial charge in [-0.25, -0.2) is 23.1 Å². The molecule has 0 bridgehead atoms. The van der Waals surface area contributed by atoms with E-state index in [4.69, 9.17) is 35.6 Å². The molecule has 2 atom stereocenters. The molecule has 10 rings (SSSR count). The first kappa shape index (κ1) is 42.0. The summed E-state index contributed by atoms with van der Waals surface area (Å²) in [4.78, 5) is 13.6. The number of nitrogens with zero attached hydrogens (tertiary/aromatic N) is 9. The molecule has 2 aliphatic rings. The zero-order valence-electron chi connectivity index (χ0n) is 35.3. The lowest BCUT2D eigenvalue weighted by Gasteiger charge is -2.14. The van der Waals surface area contributed by atoms with E-state index >= 15 is 0 Å². The summed E-state index contributed by atoms with van der Waals surface area (Å²) in [5.74, 6) is 4.32. The smallest absolute Gasteiger partial charge is 0.246 e. The Labute approximate surface area is 372 Å². The molecule has 0 saturated carbocycles. The van der Waals surface area contributed by atoms with E-state index in [-0.39, 0.29) is 23.5 Å². The van der Waals surface area contributed by atoms with Crippen molar-refractivity contribution >= 4 is 34.9 Å². The fraction of sp³-hybridized carbons (Fsp3) is 0.234. The molecule has 4 aromatic heterocycles. The predicted molar refractivity (Wildman–Crippen MR) is 239 cm³/mol. The number of benzene rings is 4. The molecule has 0 radical (unpaired) electrons. The standard InChI is InChI=1S/C24H24FN5O2.C23H20ClFN6O/c1-15-13-22(32-29-15)20-11-10-18(14-21(20)31-2)26-24-27-23-19(5-3-4-12-30(23)28-24)16-6-8-17(25)9-7-16;1-32-20-12-17(9-10-19(20)30-13-21(24)26-14-30)27-23-28-22-18(4-2-3-11-31(22)29-23)15-5-7-16(25)8-6-15/h6-11,13-14,19H,3-5,12H2,1-2H3,(H,26,28);2-3,5-10,12-14,18H,4,11H2,1H3,(H,27,29). The first-order valence-electron chi connectivity index (χ1n) is 20.8. The van der Waals surface area contributed by atoms with E-state index < -0.39 is 0 Å². The summed E-state index contributed by atoms with van der Waals surface area (Å²) in [6, 6.07) is 26.5. The Morgan fingerprint density at radius 2 is 1.38 bits per heavy atom. The zero-order chi connectivity index (χ0) is 44.2. The number of allylic oxidation sites excluding steroid dienone is 2. The van der Waals surface area contributed by atoms with Crippen LogP contribution in [0.15, 0.2) is 120 Å². The number of fused-ring (bicyclic) bond motifs is 2. The average Bonchev–Trinajstić information content (AvgIpc) is 4.08. The van der Waals surface area contributed by atoms with Crippen LogP contribution in [0.25, 0.3) is 17.0 Å². The molecular formula is C47H44ClF2N11O3. The minimum atomic E-state index is -0.253. The molecule has 6 heterocycles. The molecule has 2 aliphatic heterocycles. The van der Waals surface area contributed by atoms with Crippen molar-refractivity contribution in [2.24, 2.45) is 0 Å². The van der Waals surface area contributed by atoms with Gasteiger partial charge in [0.05, 0.1) is 37.7 Å². The van der Waals surface area contributed by atoms with Gasteiger partial charge in [-0.1, -0.05) is 59.6 Å². The van der Waals surface area contributed by atoms with Crippen LogP contribution in [0.4, 0.5) is 32.1 Å². The topological polar surface area (TPSA) is 148 Å². The number of rotatable bonds is 10. The van der Waals surface area contributed by atoms with Crippen LogP contribution in [0.5, 0.6) is 11.5 Å². The normalized spacial score (nSPS) is 15.5. The quantitative estimate of drug-likeness (QED) is 0.126. The van der Waals surface area contributed by atoms with E-state index in [1.807, 2.05) is 70.9 Å². The highest BCUT2D eigenvalue weighted by molar-refractivity contribution is 6.29. The molecule has 0 amide bonds. The molecular weight excluding hydrogens is 840 g/mol. The Morgan fingerprint density at radius 3 is 2.02 bits per heavy atom. The minimum absolute atomic E-state index is 0.000279. The molecule has 0 spiro atoms. The minimum Gasteiger partial charge on any atom is -0.496 e. The third kappa shape index (κ3) is 9.22. The molecule has 2 unspecified atom stereocenters. The van der Waals surface area contributed by atoms with Crippen molar-refractivity contribution < 1.29 is 22.8 Å². The zero-order valence-corrected chi connectivity index (χ0v) is 36.0. The number of halogens is 3. The van der Waals surface area contributed by atoms with Crippen LogP contribution in [-0.4, -0.2) is 58.5 Å². The maximum absolute atomic E-state index is 13.4. The number of imidazole rings is 1. The predicted octanol–water partition coefficient (Wildman–Crippen LogP) is 10.5. The summed E-state index contributed by atoms with van der Waals surface area (Å²) in [5, 5.41) is 20.2. The van der Waals surface area contributed by atoms with Crippen molar-refractivity contribution in [3.8, 4) is 28.5 Å². The molecule has 17 heteroatoms. The molecule has 8 aromatic rings. The maximum atomic E-state index is 13.4. The van der Waals surface area contributed by atoms with Gasteiger partial charge in [0.15, 0.2) is 5.76 Å². The van der Waals surface area contributed by atoms with Crippen LogP contribution in [0.3, 0.4) is 0 Å². The first-order chi connectivity index (χ1) is 31.2. The molecule has 64 heavy (non-hydrogen) atoms. The number of anilines is 4. The Balaban J connectivity index is 0.000000162. The second-order valence-corrected chi connectivity index (χ2v) is 15.8. The Kier molecular flexibility index (Phi) is 12.2. The van der Waals surface area contributed by atoms with Crippen LogP contribution in [0.1, 0.15) is 66.0 Å². The lowest BCUT2D eigenvalue weighted by atomic mass is 9.93. The van der Waals surface area contributed by atoms with Crippen molar-refractivity contribution in [1.82, 2.24) is 44.2 Å². The van der Waals surface area contributed by atoms with Crippen molar-refractivity contribution in [2.75, 3.05) is 24.9 Å². The summed E-state index contributed by atoms with van der Waals surface area (Å²) in [5.41, 5.74) is 6.09. The van der Waals surface area contributed by atoms with E-state index in [2.05, 4.69) is 43.1 Å². The van der Waals surface area contributed by atoms with Gasteiger partial charge in [0.2, 0.25) is 11.9 Å². The van der Waals surface area contributed by atoms with Crippen LogP contribution in [-0.2, 0) is 13.1 Å².